The Bertz CT molecular complexity index is 290. The Labute approximate surface area is 96.1 Å². The van der Waals surface area contributed by atoms with Crippen LogP contribution in [0.2, 0.25) is 0 Å². The highest BCUT2D eigenvalue weighted by Gasteiger charge is 2.33. The van der Waals surface area contributed by atoms with Crippen LogP contribution in [0.1, 0.15) is 40.5 Å². The SMILES string of the molecule is CC(C)CSC1=C(O)CC(C)(C)CC1=O. The van der Waals surface area contributed by atoms with Gasteiger partial charge in [-0.1, -0.05) is 27.7 Å². The summed E-state index contributed by atoms with van der Waals surface area (Å²) in [6.07, 6.45) is 1.18. The topological polar surface area (TPSA) is 37.3 Å². The van der Waals surface area contributed by atoms with Gasteiger partial charge in [0, 0.05) is 18.6 Å². The number of ketones is 1. The highest BCUT2D eigenvalue weighted by Crippen LogP contribution is 2.39. The molecule has 0 aliphatic heterocycles. The highest BCUT2D eigenvalue weighted by molar-refractivity contribution is 8.04. The first-order valence-electron chi connectivity index (χ1n) is 5.40. The summed E-state index contributed by atoms with van der Waals surface area (Å²) in [5, 5.41) is 9.83. The third-order valence-electron chi connectivity index (χ3n) is 2.36. The summed E-state index contributed by atoms with van der Waals surface area (Å²) in [4.78, 5) is 12.4. The molecule has 2 nitrogen and oxygen atoms in total. The molecule has 3 heteroatoms. The fourth-order valence-electron chi connectivity index (χ4n) is 1.69. The maximum absolute atomic E-state index is 11.8. The summed E-state index contributed by atoms with van der Waals surface area (Å²) in [6.45, 7) is 8.26. The van der Waals surface area contributed by atoms with Gasteiger partial charge in [-0.05, 0) is 11.3 Å². The van der Waals surface area contributed by atoms with Crippen molar-refractivity contribution < 1.29 is 9.90 Å². The van der Waals surface area contributed by atoms with Crippen molar-refractivity contribution in [2.24, 2.45) is 11.3 Å². The fourth-order valence-corrected chi connectivity index (χ4v) is 2.66. The summed E-state index contributed by atoms with van der Waals surface area (Å²) >= 11 is 1.50. The predicted octanol–water partition coefficient (Wildman–Crippen LogP) is 3.53. The lowest BCUT2D eigenvalue weighted by Gasteiger charge is -2.29. The first kappa shape index (κ1) is 12.6. The molecule has 1 rings (SSSR count). The Morgan fingerprint density at radius 3 is 2.47 bits per heavy atom. The van der Waals surface area contributed by atoms with E-state index in [1.165, 1.54) is 11.8 Å². The second kappa shape index (κ2) is 4.60. The van der Waals surface area contributed by atoms with Crippen molar-refractivity contribution in [3.8, 4) is 0 Å². The van der Waals surface area contributed by atoms with E-state index in [9.17, 15) is 9.90 Å². The third kappa shape index (κ3) is 3.56. The summed E-state index contributed by atoms with van der Waals surface area (Å²) in [7, 11) is 0. The summed E-state index contributed by atoms with van der Waals surface area (Å²) < 4.78 is 0. The molecule has 0 aromatic heterocycles. The number of aliphatic hydroxyl groups is 1. The number of rotatable bonds is 3. The lowest BCUT2D eigenvalue weighted by atomic mass is 9.79. The molecule has 0 spiro atoms. The zero-order chi connectivity index (χ0) is 11.6. The van der Waals surface area contributed by atoms with Crippen LogP contribution in [0.5, 0.6) is 0 Å². The minimum atomic E-state index is -0.0803. The van der Waals surface area contributed by atoms with E-state index >= 15 is 0 Å². The van der Waals surface area contributed by atoms with Gasteiger partial charge in [-0.2, -0.15) is 0 Å². The van der Waals surface area contributed by atoms with Gasteiger partial charge in [0.2, 0.25) is 0 Å². The molecular weight excluding hydrogens is 208 g/mol. The number of allylic oxidation sites excluding steroid dienone is 2. The van der Waals surface area contributed by atoms with Gasteiger partial charge in [-0.25, -0.2) is 0 Å². The molecule has 0 amide bonds. The lowest BCUT2D eigenvalue weighted by Crippen LogP contribution is -2.25. The van der Waals surface area contributed by atoms with Crippen molar-refractivity contribution in [2.75, 3.05) is 5.75 Å². The highest BCUT2D eigenvalue weighted by atomic mass is 32.2. The van der Waals surface area contributed by atoms with Crippen molar-refractivity contribution >= 4 is 17.5 Å². The lowest BCUT2D eigenvalue weighted by molar-refractivity contribution is -0.117. The number of hydrogen-bond donors (Lipinski definition) is 1. The monoisotopic (exact) mass is 228 g/mol. The van der Waals surface area contributed by atoms with Gasteiger partial charge in [-0.15, -0.1) is 11.8 Å². The number of aliphatic hydroxyl groups excluding tert-OH is 1. The van der Waals surface area contributed by atoms with Gasteiger partial charge < -0.3 is 5.11 Å². The second-order valence-corrected chi connectivity index (χ2v) is 6.45. The number of hydrogen-bond acceptors (Lipinski definition) is 3. The van der Waals surface area contributed by atoms with E-state index in [4.69, 9.17) is 0 Å². The molecule has 0 saturated heterocycles. The quantitative estimate of drug-likeness (QED) is 0.803. The number of Topliss-reactive ketones (excluding diaryl/α,β-unsaturated/α-hetero) is 1. The molecule has 0 aromatic rings. The predicted molar refractivity (Wildman–Crippen MR) is 65.0 cm³/mol. The number of thioether (sulfide) groups is 1. The smallest absolute Gasteiger partial charge is 0.173 e. The van der Waals surface area contributed by atoms with Gasteiger partial charge in [0.25, 0.3) is 0 Å². The standard InChI is InChI=1S/C12H20O2S/c1-8(2)7-15-11-9(13)5-12(3,4)6-10(11)14/h8,13H,5-7H2,1-4H3. The summed E-state index contributed by atoms with van der Waals surface area (Å²) in [5.41, 5.74) is -0.0803. The molecule has 0 saturated carbocycles. The zero-order valence-electron chi connectivity index (χ0n) is 9.96. The Kier molecular flexibility index (Phi) is 3.87. The first-order chi connectivity index (χ1) is 6.82. The summed E-state index contributed by atoms with van der Waals surface area (Å²) in [6, 6.07) is 0. The van der Waals surface area contributed by atoms with Crippen LogP contribution in [-0.4, -0.2) is 16.6 Å². The molecule has 1 aliphatic carbocycles. The minimum absolute atomic E-state index is 0.0803. The van der Waals surface area contributed by atoms with E-state index in [0.717, 1.165) is 5.75 Å². The largest absolute Gasteiger partial charge is 0.511 e. The number of carbonyl (C=O) groups is 1. The van der Waals surface area contributed by atoms with E-state index in [0.29, 0.717) is 29.4 Å². The molecule has 0 atom stereocenters. The zero-order valence-corrected chi connectivity index (χ0v) is 10.8. The average molecular weight is 228 g/mol. The fraction of sp³-hybridized carbons (Fsp3) is 0.750. The van der Waals surface area contributed by atoms with Crippen molar-refractivity contribution in [3.63, 3.8) is 0 Å². The van der Waals surface area contributed by atoms with Gasteiger partial charge >= 0.3 is 0 Å². The average Bonchev–Trinajstić information content (AvgIpc) is 1.98. The van der Waals surface area contributed by atoms with Crippen molar-refractivity contribution in [2.45, 2.75) is 40.5 Å². The molecule has 1 N–H and O–H groups in total. The minimum Gasteiger partial charge on any atom is -0.511 e. The van der Waals surface area contributed by atoms with E-state index in [1.807, 2.05) is 13.8 Å². The molecule has 1 aliphatic rings. The van der Waals surface area contributed by atoms with Crippen LogP contribution >= 0.6 is 11.8 Å². The van der Waals surface area contributed by atoms with Crippen LogP contribution in [0.3, 0.4) is 0 Å². The maximum Gasteiger partial charge on any atom is 0.173 e. The Balaban J connectivity index is 2.74. The molecule has 0 heterocycles. The van der Waals surface area contributed by atoms with E-state index in [-0.39, 0.29) is 11.2 Å². The molecule has 0 unspecified atom stereocenters. The first-order valence-corrected chi connectivity index (χ1v) is 6.38. The van der Waals surface area contributed by atoms with Crippen LogP contribution in [-0.2, 0) is 4.79 Å². The second-order valence-electron chi connectivity index (χ2n) is 5.42. The molecule has 0 radical (unpaired) electrons. The van der Waals surface area contributed by atoms with Crippen LogP contribution in [0.25, 0.3) is 0 Å². The number of carbonyl (C=O) groups excluding carboxylic acids is 1. The van der Waals surface area contributed by atoms with Gasteiger partial charge in [0.05, 0.1) is 4.91 Å². The van der Waals surface area contributed by atoms with E-state index in [1.54, 1.807) is 0 Å². The molecule has 0 bridgehead atoms. The van der Waals surface area contributed by atoms with E-state index in [2.05, 4.69) is 13.8 Å². The third-order valence-corrected chi connectivity index (χ3v) is 3.95. The molecule has 86 valence electrons. The Morgan fingerprint density at radius 2 is 2.00 bits per heavy atom. The molecule has 0 fully saturated rings. The Hall–Kier alpha value is -0.440. The van der Waals surface area contributed by atoms with E-state index < -0.39 is 0 Å². The maximum atomic E-state index is 11.8. The molecule has 0 aromatic carbocycles. The van der Waals surface area contributed by atoms with Crippen LogP contribution < -0.4 is 0 Å². The van der Waals surface area contributed by atoms with Crippen molar-refractivity contribution in [3.05, 3.63) is 10.7 Å². The van der Waals surface area contributed by atoms with Gasteiger partial charge in [0.1, 0.15) is 5.76 Å². The van der Waals surface area contributed by atoms with Crippen molar-refractivity contribution in [1.82, 2.24) is 0 Å². The van der Waals surface area contributed by atoms with Crippen LogP contribution in [0.15, 0.2) is 10.7 Å². The normalized spacial score (nSPS) is 21.3. The van der Waals surface area contributed by atoms with Crippen molar-refractivity contribution in [1.29, 1.82) is 0 Å². The van der Waals surface area contributed by atoms with Crippen LogP contribution in [0, 0.1) is 11.3 Å². The molecular formula is C12H20O2S. The Morgan fingerprint density at radius 1 is 1.40 bits per heavy atom. The van der Waals surface area contributed by atoms with Gasteiger partial charge in [0.15, 0.2) is 5.78 Å². The summed E-state index contributed by atoms with van der Waals surface area (Å²) in [5.74, 6) is 1.83. The van der Waals surface area contributed by atoms with Crippen LogP contribution in [0.4, 0.5) is 0 Å². The van der Waals surface area contributed by atoms with Gasteiger partial charge in [-0.3, -0.25) is 4.79 Å². The molecule has 15 heavy (non-hydrogen) atoms.